The van der Waals surface area contributed by atoms with Gasteiger partial charge in [-0.25, -0.2) is 0 Å². The second-order valence-electron chi connectivity index (χ2n) is 7.87. The Kier molecular flexibility index (Phi) is 22.8. The van der Waals surface area contributed by atoms with Crippen molar-refractivity contribution in [3.05, 3.63) is 0 Å². The Balaban J connectivity index is 2.99. The predicted molar refractivity (Wildman–Crippen MR) is 115 cm³/mol. The van der Waals surface area contributed by atoms with Gasteiger partial charge in [0, 0.05) is 6.61 Å². The zero-order chi connectivity index (χ0) is 19.1. The van der Waals surface area contributed by atoms with Crippen LogP contribution >= 0.6 is 0 Å². The molecule has 0 amide bonds. The quantitative estimate of drug-likeness (QED) is 0.221. The molecule has 0 rings (SSSR count). The number of rotatable bonds is 22. The van der Waals surface area contributed by atoms with E-state index in [2.05, 4.69) is 12.2 Å². The first-order valence-corrected chi connectivity index (χ1v) is 11.7. The van der Waals surface area contributed by atoms with Crippen LogP contribution in [0.5, 0.6) is 0 Å². The van der Waals surface area contributed by atoms with Crippen LogP contribution in [-0.2, 0) is 4.74 Å². The molecule has 0 aliphatic heterocycles. The van der Waals surface area contributed by atoms with Gasteiger partial charge >= 0.3 is 0 Å². The average Bonchev–Trinajstić information content (AvgIpc) is 2.66. The number of nitrogens with one attached hydrogen (secondary N) is 1. The molecule has 0 spiro atoms. The molecule has 0 aromatic rings. The Morgan fingerprint density at radius 1 is 0.654 bits per heavy atom. The summed E-state index contributed by atoms with van der Waals surface area (Å²) in [6.45, 7) is 7.36. The molecule has 0 saturated heterocycles. The fourth-order valence-electron chi connectivity index (χ4n) is 3.34. The summed E-state index contributed by atoms with van der Waals surface area (Å²) in [4.78, 5) is 0. The number of hydrogen-bond donors (Lipinski definition) is 2. The summed E-state index contributed by atoms with van der Waals surface area (Å²) in [5.74, 6) is 0. The topological polar surface area (TPSA) is 41.5 Å². The minimum absolute atomic E-state index is 0.00287. The average molecular weight is 372 g/mol. The van der Waals surface area contributed by atoms with Crippen LogP contribution in [0, 0.1) is 0 Å². The Bertz CT molecular complexity index is 248. The van der Waals surface area contributed by atoms with Crippen molar-refractivity contribution in [3.8, 4) is 0 Å². The standard InChI is InChI=1S/C23H49NO2/c1-3-24-20-18-16-14-12-10-8-6-4-5-7-9-11-13-15-17-19-21-26-23(2)22-25/h23-25H,3-22H2,1-2H3. The first kappa shape index (κ1) is 25.9. The van der Waals surface area contributed by atoms with E-state index in [0.29, 0.717) is 0 Å². The summed E-state index contributed by atoms with van der Waals surface area (Å²) in [5.41, 5.74) is 0. The van der Waals surface area contributed by atoms with E-state index in [0.717, 1.165) is 19.6 Å². The Hall–Kier alpha value is -0.120. The molecular weight excluding hydrogens is 322 g/mol. The van der Waals surface area contributed by atoms with Crippen molar-refractivity contribution in [2.24, 2.45) is 0 Å². The molecule has 0 fully saturated rings. The first-order chi connectivity index (χ1) is 12.8. The van der Waals surface area contributed by atoms with E-state index in [1.165, 1.54) is 103 Å². The van der Waals surface area contributed by atoms with Gasteiger partial charge in [-0.15, -0.1) is 0 Å². The zero-order valence-electron chi connectivity index (χ0n) is 18.1. The van der Waals surface area contributed by atoms with Gasteiger partial charge in [0.1, 0.15) is 0 Å². The lowest BCUT2D eigenvalue weighted by atomic mass is 10.0. The van der Waals surface area contributed by atoms with E-state index in [-0.39, 0.29) is 12.7 Å². The van der Waals surface area contributed by atoms with Gasteiger partial charge < -0.3 is 15.2 Å². The molecular formula is C23H49NO2. The lowest BCUT2D eigenvalue weighted by Gasteiger charge is -2.09. The van der Waals surface area contributed by atoms with Gasteiger partial charge in [0.05, 0.1) is 12.7 Å². The van der Waals surface area contributed by atoms with Crippen LogP contribution < -0.4 is 5.32 Å². The lowest BCUT2D eigenvalue weighted by molar-refractivity contribution is 0.0231. The summed E-state index contributed by atoms with van der Waals surface area (Å²) in [6.07, 6.45) is 22.2. The fraction of sp³-hybridized carbons (Fsp3) is 1.00. The molecule has 0 aromatic heterocycles. The predicted octanol–water partition coefficient (Wildman–Crippen LogP) is 6.23. The molecule has 3 heteroatoms. The molecule has 0 saturated carbocycles. The smallest absolute Gasteiger partial charge is 0.0777 e. The summed E-state index contributed by atoms with van der Waals surface area (Å²) in [7, 11) is 0. The van der Waals surface area contributed by atoms with E-state index in [9.17, 15) is 0 Å². The third-order valence-corrected chi connectivity index (χ3v) is 5.16. The van der Waals surface area contributed by atoms with Crippen molar-refractivity contribution >= 4 is 0 Å². The van der Waals surface area contributed by atoms with Crippen molar-refractivity contribution in [2.45, 2.75) is 123 Å². The maximum absolute atomic E-state index is 8.87. The maximum Gasteiger partial charge on any atom is 0.0777 e. The molecule has 3 nitrogen and oxygen atoms in total. The molecule has 0 aromatic carbocycles. The molecule has 158 valence electrons. The van der Waals surface area contributed by atoms with Gasteiger partial charge in [-0.2, -0.15) is 0 Å². The highest BCUT2D eigenvalue weighted by Gasteiger charge is 1.98. The van der Waals surface area contributed by atoms with Gasteiger partial charge in [-0.1, -0.05) is 96.8 Å². The summed E-state index contributed by atoms with van der Waals surface area (Å²) in [5, 5.41) is 12.3. The highest BCUT2D eigenvalue weighted by atomic mass is 16.5. The maximum atomic E-state index is 8.87. The minimum atomic E-state index is 0.00287. The van der Waals surface area contributed by atoms with Gasteiger partial charge in [-0.3, -0.25) is 0 Å². The van der Waals surface area contributed by atoms with Crippen molar-refractivity contribution in [1.29, 1.82) is 0 Å². The zero-order valence-corrected chi connectivity index (χ0v) is 18.1. The number of aliphatic hydroxyl groups is 1. The molecule has 0 aliphatic carbocycles. The van der Waals surface area contributed by atoms with Crippen LogP contribution in [0.1, 0.15) is 117 Å². The largest absolute Gasteiger partial charge is 0.394 e. The fourth-order valence-corrected chi connectivity index (χ4v) is 3.34. The molecule has 2 N–H and O–H groups in total. The van der Waals surface area contributed by atoms with Gasteiger partial charge in [-0.05, 0) is 32.9 Å². The van der Waals surface area contributed by atoms with Crippen LogP contribution in [0.2, 0.25) is 0 Å². The summed E-state index contributed by atoms with van der Waals surface area (Å²) >= 11 is 0. The van der Waals surface area contributed by atoms with E-state index >= 15 is 0 Å². The van der Waals surface area contributed by atoms with Crippen LogP contribution in [0.25, 0.3) is 0 Å². The second-order valence-corrected chi connectivity index (χ2v) is 7.87. The molecule has 0 aliphatic rings. The van der Waals surface area contributed by atoms with Gasteiger partial charge in [0.15, 0.2) is 0 Å². The van der Waals surface area contributed by atoms with Crippen LogP contribution in [0.3, 0.4) is 0 Å². The Morgan fingerprint density at radius 2 is 1.04 bits per heavy atom. The van der Waals surface area contributed by atoms with Crippen LogP contribution in [-0.4, -0.2) is 37.5 Å². The first-order valence-electron chi connectivity index (χ1n) is 11.7. The number of aliphatic hydroxyl groups excluding tert-OH is 1. The third-order valence-electron chi connectivity index (χ3n) is 5.16. The molecule has 0 heterocycles. The molecule has 0 radical (unpaired) electrons. The van der Waals surface area contributed by atoms with Gasteiger partial charge in [0.25, 0.3) is 0 Å². The second kappa shape index (κ2) is 22.9. The monoisotopic (exact) mass is 371 g/mol. The van der Waals surface area contributed by atoms with E-state index < -0.39 is 0 Å². The lowest BCUT2D eigenvalue weighted by Crippen LogP contribution is -2.13. The van der Waals surface area contributed by atoms with E-state index in [1.54, 1.807) is 0 Å². The third kappa shape index (κ3) is 21.9. The van der Waals surface area contributed by atoms with Crippen molar-refractivity contribution in [2.75, 3.05) is 26.3 Å². The van der Waals surface area contributed by atoms with Crippen LogP contribution in [0.4, 0.5) is 0 Å². The van der Waals surface area contributed by atoms with E-state index in [1.807, 2.05) is 6.92 Å². The van der Waals surface area contributed by atoms with Crippen molar-refractivity contribution in [3.63, 3.8) is 0 Å². The highest BCUT2D eigenvalue weighted by molar-refractivity contribution is 4.51. The molecule has 1 atom stereocenters. The summed E-state index contributed by atoms with van der Waals surface area (Å²) < 4.78 is 5.47. The van der Waals surface area contributed by atoms with Crippen molar-refractivity contribution < 1.29 is 9.84 Å². The number of ether oxygens (including phenoxy) is 1. The molecule has 0 bridgehead atoms. The highest BCUT2D eigenvalue weighted by Crippen LogP contribution is 2.13. The molecule has 1 unspecified atom stereocenters. The van der Waals surface area contributed by atoms with E-state index in [4.69, 9.17) is 9.84 Å². The SMILES string of the molecule is CCNCCCCCCCCCCCCCCCCCCOC(C)CO. The van der Waals surface area contributed by atoms with Crippen molar-refractivity contribution in [1.82, 2.24) is 5.32 Å². The Labute approximate surface area is 164 Å². The minimum Gasteiger partial charge on any atom is -0.394 e. The molecule has 26 heavy (non-hydrogen) atoms. The normalized spacial score (nSPS) is 12.6. The Morgan fingerprint density at radius 3 is 1.42 bits per heavy atom. The summed E-state index contributed by atoms with van der Waals surface area (Å²) in [6, 6.07) is 0. The number of hydrogen-bond acceptors (Lipinski definition) is 3. The van der Waals surface area contributed by atoms with Crippen LogP contribution in [0.15, 0.2) is 0 Å². The van der Waals surface area contributed by atoms with Gasteiger partial charge in [0.2, 0.25) is 0 Å². The number of unbranched alkanes of at least 4 members (excludes halogenated alkanes) is 15.